The van der Waals surface area contributed by atoms with Gasteiger partial charge in [-0.3, -0.25) is 9.78 Å². The van der Waals surface area contributed by atoms with Crippen LogP contribution in [0.4, 0.5) is 0 Å². The van der Waals surface area contributed by atoms with Gasteiger partial charge >= 0.3 is 0 Å². The Labute approximate surface area is 103 Å². The van der Waals surface area contributed by atoms with E-state index < -0.39 is 0 Å². The van der Waals surface area contributed by atoms with Crippen LogP contribution in [0.5, 0.6) is 0 Å². The highest BCUT2D eigenvalue weighted by molar-refractivity contribution is 5.95. The summed E-state index contributed by atoms with van der Waals surface area (Å²) in [5.74, 6) is -0.0588. The lowest BCUT2D eigenvalue weighted by Crippen LogP contribution is -2.40. The molecule has 3 N–H and O–H groups in total. The lowest BCUT2D eigenvalue weighted by molar-refractivity contribution is 0.0935. The third-order valence-corrected chi connectivity index (χ3v) is 2.79. The molecule has 0 spiro atoms. The first-order chi connectivity index (χ1) is 8.19. The Morgan fingerprint density at radius 1 is 1.59 bits per heavy atom. The summed E-state index contributed by atoms with van der Waals surface area (Å²) in [6.45, 7) is 4.49. The lowest BCUT2D eigenvalue weighted by Gasteiger charge is -2.17. The van der Waals surface area contributed by atoms with Gasteiger partial charge in [-0.1, -0.05) is 19.8 Å². The smallest absolute Gasteiger partial charge is 0.251 e. The van der Waals surface area contributed by atoms with E-state index in [1.165, 1.54) is 0 Å². The minimum absolute atomic E-state index is 0.0588. The molecule has 1 atom stereocenters. The van der Waals surface area contributed by atoms with Crippen molar-refractivity contribution < 1.29 is 4.79 Å². The van der Waals surface area contributed by atoms with Crippen LogP contribution in [0.15, 0.2) is 18.5 Å². The molecule has 1 rings (SSSR count). The highest BCUT2D eigenvalue weighted by Gasteiger charge is 2.13. The molecular weight excluding hydrogens is 214 g/mol. The number of nitrogens with two attached hydrogens (primary N) is 1. The molecule has 94 valence electrons. The number of rotatable bonds is 6. The maximum absolute atomic E-state index is 12.0. The van der Waals surface area contributed by atoms with Crippen LogP contribution in [-0.2, 0) is 0 Å². The summed E-state index contributed by atoms with van der Waals surface area (Å²) in [6, 6.07) is 1.80. The second-order valence-corrected chi connectivity index (χ2v) is 4.24. The number of unbranched alkanes of at least 4 members (excludes halogenated alkanes) is 1. The number of hydrogen-bond donors (Lipinski definition) is 2. The van der Waals surface area contributed by atoms with E-state index in [2.05, 4.69) is 17.2 Å². The topological polar surface area (TPSA) is 68.0 Å². The largest absolute Gasteiger partial charge is 0.348 e. The molecule has 0 aliphatic rings. The summed E-state index contributed by atoms with van der Waals surface area (Å²) in [5, 5.41) is 2.97. The molecule has 17 heavy (non-hydrogen) atoms. The summed E-state index contributed by atoms with van der Waals surface area (Å²) in [4.78, 5) is 16.0. The van der Waals surface area contributed by atoms with Crippen molar-refractivity contribution in [2.75, 3.05) is 6.54 Å². The Morgan fingerprint density at radius 2 is 2.35 bits per heavy atom. The third kappa shape index (κ3) is 4.15. The van der Waals surface area contributed by atoms with Crippen molar-refractivity contribution in [1.82, 2.24) is 10.3 Å². The van der Waals surface area contributed by atoms with E-state index in [4.69, 9.17) is 5.73 Å². The molecule has 0 radical (unpaired) electrons. The highest BCUT2D eigenvalue weighted by atomic mass is 16.1. The van der Waals surface area contributed by atoms with E-state index in [1.807, 2.05) is 6.92 Å². The van der Waals surface area contributed by atoms with E-state index >= 15 is 0 Å². The average molecular weight is 235 g/mol. The molecular formula is C13H21N3O. The van der Waals surface area contributed by atoms with Crippen LogP contribution in [0.25, 0.3) is 0 Å². The lowest BCUT2D eigenvalue weighted by atomic mass is 10.1. The van der Waals surface area contributed by atoms with E-state index in [1.54, 1.807) is 18.5 Å². The van der Waals surface area contributed by atoms with Crippen molar-refractivity contribution in [2.24, 2.45) is 5.73 Å². The number of pyridine rings is 1. The standard InChI is InChI=1S/C13H21N3O/c1-3-4-5-11(8-14)16-13(17)12-6-7-15-9-10(12)2/h6-7,9,11H,3-5,8,14H2,1-2H3,(H,16,17). The first kappa shape index (κ1) is 13.6. The number of amides is 1. The Bertz CT molecular complexity index is 365. The van der Waals surface area contributed by atoms with Gasteiger partial charge in [-0.05, 0) is 25.0 Å². The predicted octanol–water partition coefficient (Wildman–Crippen LogP) is 1.64. The van der Waals surface area contributed by atoms with Gasteiger partial charge < -0.3 is 11.1 Å². The molecule has 1 amide bonds. The molecule has 0 saturated heterocycles. The molecule has 1 heterocycles. The molecule has 1 aromatic heterocycles. The molecule has 4 nitrogen and oxygen atoms in total. The number of nitrogens with one attached hydrogen (secondary N) is 1. The van der Waals surface area contributed by atoms with Crippen molar-refractivity contribution in [3.8, 4) is 0 Å². The van der Waals surface area contributed by atoms with Crippen molar-refractivity contribution in [3.05, 3.63) is 29.6 Å². The molecule has 0 bridgehead atoms. The average Bonchev–Trinajstić information content (AvgIpc) is 2.34. The van der Waals surface area contributed by atoms with Crippen LogP contribution in [0, 0.1) is 6.92 Å². The number of aryl methyl sites for hydroxylation is 1. The summed E-state index contributed by atoms with van der Waals surface area (Å²) < 4.78 is 0. The van der Waals surface area contributed by atoms with Gasteiger partial charge in [0.15, 0.2) is 0 Å². The maximum atomic E-state index is 12.0. The fourth-order valence-corrected chi connectivity index (χ4v) is 1.69. The van der Waals surface area contributed by atoms with Gasteiger partial charge in [-0.2, -0.15) is 0 Å². The Hall–Kier alpha value is -1.42. The second-order valence-electron chi connectivity index (χ2n) is 4.24. The summed E-state index contributed by atoms with van der Waals surface area (Å²) in [5.41, 5.74) is 7.21. The Morgan fingerprint density at radius 3 is 2.94 bits per heavy atom. The van der Waals surface area contributed by atoms with Crippen molar-refractivity contribution >= 4 is 5.91 Å². The van der Waals surface area contributed by atoms with E-state index in [-0.39, 0.29) is 11.9 Å². The van der Waals surface area contributed by atoms with Gasteiger partial charge in [0, 0.05) is 30.5 Å². The first-order valence-electron chi connectivity index (χ1n) is 6.10. The normalized spacial score (nSPS) is 12.2. The molecule has 0 aromatic carbocycles. The number of nitrogens with zero attached hydrogens (tertiary/aromatic N) is 1. The minimum Gasteiger partial charge on any atom is -0.348 e. The number of carbonyl (C=O) groups excluding carboxylic acids is 1. The first-order valence-corrected chi connectivity index (χ1v) is 6.10. The molecule has 0 aliphatic heterocycles. The number of aromatic nitrogens is 1. The van der Waals surface area contributed by atoms with Crippen LogP contribution in [-0.4, -0.2) is 23.5 Å². The Balaban J connectivity index is 2.61. The van der Waals surface area contributed by atoms with Crippen LogP contribution in [0.2, 0.25) is 0 Å². The maximum Gasteiger partial charge on any atom is 0.251 e. The van der Waals surface area contributed by atoms with E-state index in [0.29, 0.717) is 12.1 Å². The fraction of sp³-hybridized carbons (Fsp3) is 0.538. The van der Waals surface area contributed by atoms with Gasteiger partial charge in [0.05, 0.1) is 0 Å². The van der Waals surface area contributed by atoms with Crippen LogP contribution >= 0.6 is 0 Å². The SMILES string of the molecule is CCCCC(CN)NC(=O)c1ccncc1C. The minimum atomic E-state index is -0.0588. The van der Waals surface area contributed by atoms with Gasteiger partial charge in [0.2, 0.25) is 0 Å². The molecule has 0 aliphatic carbocycles. The van der Waals surface area contributed by atoms with E-state index in [0.717, 1.165) is 24.8 Å². The fourth-order valence-electron chi connectivity index (χ4n) is 1.69. The van der Waals surface area contributed by atoms with Crippen LogP contribution in [0.3, 0.4) is 0 Å². The summed E-state index contributed by atoms with van der Waals surface area (Å²) >= 11 is 0. The molecule has 1 unspecified atom stereocenters. The second kappa shape index (κ2) is 7.01. The number of hydrogen-bond acceptors (Lipinski definition) is 3. The monoisotopic (exact) mass is 235 g/mol. The van der Waals surface area contributed by atoms with Crippen LogP contribution < -0.4 is 11.1 Å². The summed E-state index contributed by atoms with van der Waals surface area (Å²) in [6.07, 6.45) is 6.45. The van der Waals surface area contributed by atoms with Gasteiger partial charge in [-0.25, -0.2) is 0 Å². The molecule has 4 heteroatoms. The molecule has 0 fully saturated rings. The predicted molar refractivity (Wildman–Crippen MR) is 68.8 cm³/mol. The van der Waals surface area contributed by atoms with Crippen LogP contribution in [0.1, 0.15) is 42.1 Å². The highest BCUT2D eigenvalue weighted by Crippen LogP contribution is 2.06. The molecule has 1 aromatic rings. The zero-order chi connectivity index (χ0) is 12.7. The van der Waals surface area contributed by atoms with Crippen molar-refractivity contribution in [1.29, 1.82) is 0 Å². The zero-order valence-electron chi connectivity index (χ0n) is 10.6. The van der Waals surface area contributed by atoms with Crippen molar-refractivity contribution in [2.45, 2.75) is 39.2 Å². The van der Waals surface area contributed by atoms with Gasteiger partial charge in [0.25, 0.3) is 5.91 Å². The molecule has 0 saturated carbocycles. The zero-order valence-corrected chi connectivity index (χ0v) is 10.6. The Kier molecular flexibility index (Phi) is 5.63. The van der Waals surface area contributed by atoms with E-state index in [9.17, 15) is 4.79 Å². The summed E-state index contributed by atoms with van der Waals surface area (Å²) in [7, 11) is 0. The van der Waals surface area contributed by atoms with Gasteiger partial charge in [0.1, 0.15) is 0 Å². The number of carbonyl (C=O) groups is 1. The van der Waals surface area contributed by atoms with Gasteiger partial charge in [-0.15, -0.1) is 0 Å². The quantitative estimate of drug-likeness (QED) is 0.787. The van der Waals surface area contributed by atoms with Crippen molar-refractivity contribution in [3.63, 3.8) is 0 Å². The third-order valence-electron chi connectivity index (χ3n) is 2.79.